The first-order valence-electron chi connectivity index (χ1n) is 10.3. The maximum absolute atomic E-state index is 13.4. The molecule has 0 atom stereocenters. The van der Waals surface area contributed by atoms with E-state index in [0.29, 0.717) is 44.2 Å². The van der Waals surface area contributed by atoms with Crippen LogP contribution >= 0.6 is 11.3 Å². The van der Waals surface area contributed by atoms with Gasteiger partial charge in [0.15, 0.2) is 5.76 Å². The van der Waals surface area contributed by atoms with Gasteiger partial charge in [-0.1, -0.05) is 18.2 Å². The van der Waals surface area contributed by atoms with Crippen molar-refractivity contribution in [1.82, 2.24) is 9.47 Å². The van der Waals surface area contributed by atoms with Gasteiger partial charge in [0.05, 0.1) is 24.0 Å². The summed E-state index contributed by atoms with van der Waals surface area (Å²) >= 11 is 1.58. The normalized spacial score (nSPS) is 14.0. The van der Waals surface area contributed by atoms with Gasteiger partial charge >= 0.3 is 0 Å². The number of piperazine rings is 1. The molecule has 3 aromatic heterocycles. The molecule has 1 amide bonds. The van der Waals surface area contributed by atoms with Crippen LogP contribution in [0.2, 0.25) is 0 Å². The second-order valence-electron chi connectivity index (χ2n) is 7.63. The summed E-state index contributed by atoms with van der Waals surface area (Å²) in [5, 5.41) is 14.8. The molecular weight excluding hydrogens is 424 g/mol. The number of aromatic nitrogens is 1. The van der Waals surface area contributed by atoms with Crippen molar-refractivity contribution in [1.29, 1.82) is 5.26 Å². The van der Waals surface area contributed by atoms with Crippen LogP contribution in [0.1, 0.15) is 21.7 Å². The predicted octanol–water partition coefficient (Wildman–Crippen LogP) is 3.54. The van der Waals surface area contributed by atoms with Gasteiger partial charge in [0.25, 0.3) is 11.5 Å². The Balaban J connectivity index is 1.52. The highest BCUT2D eigenvalue weighted by Gasteiger charge is 2.27. The Morgan fingerprint density at radius 3 is 2.59 bits per heavy atom. The fourth-order valence-electron chi connectivity index (χ4n) is 4.23. The Morgan fingerprint density at radius 1 is 1.09 bits per heavy atom. The number of hydrogen-bond donors (Lipinski definition) is 0. The second kappa shape index (κ2) is 8.36. The van der Waals surface area contributed by atoms with Crippen LogP contribution in [-0.2, 0) is 6.54 Å². The predicted molar refractivity (Wildman–Crippen MR) is 123 cm³/mol. The average Bonchev–Trinajstić information content (AvgIpc) is 3.55. The second-order valence-corrected chi connectivity index (χ2v) is 8.41. The maximum Gasteiger partial charge on any atom is 0.289 e. The number of benzene rings is 1. The number of hydrogen-bond acceptors (Lipinski definition) is 6. The van der Waals surface area contributed by atoms with Crippen LogP contribution in [0.3, 0.4) is 0 Å². The third kappa shape index (κ3) is 3.47. The van der Waals surface area contributed by atoms with Crippen molar-refractivity contribution >= 4 is 33.8 Å². The van der Waals surface area contributed by atoms with E-state index in [0.717, 1.165) is 16.5 Å². The van der Waals surface area contributed by atoms with E-state index in [9.17, 15) is 14.9 Å². The highest BCUT2D eigenvalue weighted by Crippen LogP contribution is 2.30. The van der Waals surface area contributed by atoms with Gasteiger partial charge in [-0.05, 0) is 40.6 Å². The molecule has 7 nitrogen and oxygen atoms in total. The molecule has 1 aliphatic heterocycles. The number of fused-ring (bicyclic) bond motifs is 1. The third-order valence-electron chi connectivity index (χ3n) is 5.79. The number of furan rings is 1. The fourth-order valence-corrected chi connectivity index (χ4v) is 4.89. The SMILES string of the molecule is N#Cc1c(N2CCN(C(=O)c3ccco3)CC2)c2ccccc2n(Cc2ccsc2)c1=O. The molecule has 32 heavy (non-hydrogen) atoms. The molecule has 0 N–H and O–H groups in total. The number of carbonyl (C=O) groups excluding carboxylic acids is 1. The van der Waals surface area contributed by atoms with Crippen molar-refractivity contribution in [2.24, 2.45) is 0 Å². The molecule has 0 aliphatic carbocycles. The fraction of sp³-hybridized carbons (Fsp3) is 0.208. The summed E-state index contributed by atoms with van der Waals surface area (Å²) in [4.78, 5) is 29.8. The molecule has 0 bridgehead atoms. The number of nitrogens with zero attached hydrogens (tertiary/aromatic N) is 4. The molecule has 4 heterocycles. The van der Waals surface area contributed by atoms with Crippen molar-refractivity contribution in [2.75, 3.05) is 31.1 Å². The summed E-state index contributed by atoms with van der Waals surface area (Å²) in [5.74, 6) is 0.170. The third-order valence-corrected chi connectivity index (χ3v) is 6.53. The van der Waals surface area contributed by atoms with Gasteiger partial charge < -0.3 is 18.8 Å². The zero-order valence-electron chi connectivity index (χ0n) is 17.2. The molecule has 8 heteroatoms. The zero-order chi connectivity index (χ0) is 22.1. The quantitative estimate of drug-likeness (QED) is 0.481. The Kier molecular flexibility index (Phi) is 5.25. The van der Waals surface area contributed by atoms with E-state index in [4.69, 9.17) is 4.42 Å². The Morgan fingerprint density at radius 2 is 1.91 bits per heavy atom. The number of pyridine rings is 1. The van der Waals surface area contributed by atoms with Crippen LogP contribution in [0.5, 0.6) is 0 Å². The van der Waals surface area contributed by atoms with Crippen molar-refractivity contribution in [3.63, 3.8) is 0 Å². The highest BCUT2D eigenvalue weighted by atomic mass is 32.1. The lowest BCUT2D eigenvalue weighted by molar-refractivity contribution is 0.0715. The van der Waals surface area contributed by atoms with Gasteiger partial charge in [0.2, 0.25) is 0 Å². The van der Waals surface area contributed by atoms with E-state index in [-0.39, 0.29) is 17.0 Å². The van der Waals surface area contributed by atoms with Crippen LogP contribution in [-0.4, -0.2) is 41.6 Å². The standard InChI is InChI=1S/C24H20N4O3S/c25-14-19-22(26-8-10-27(11-9-26)24(30)21-6-3-12-31-21)18-4-1-2-5-20(18)28(23(19)29)15-17-7-13-32-16-17/h1-7,12-13,16H,8-11,15H2. The number of anilines is 1. The summed E-state index contributed by atoms with van der Waals surface area (Å²) in [6.07, 6.45) is 1.49. The lowest BCUT2D eigenvalue weighted by Crippen LogP contribution is -2.49. The minimum absolute atomic E-state index is 0.143. The first-order valence-corrected chi connectivity index (χ1v) is 11.3. The molecule has 1 aromatic carbocycles. The molecule has 1 aliphatic rings. The van der Waals surface area contributed by atoms with E-state index >= 15 is 0 Å². The van der Waals surface area contributed by atoms with Gasteiger partial charge in [-0.15, -0.1) is 0 Å². The number of para-hydroxylation sites is 1. The first-order chi connectivity index (χ1) is 15.7. The molecular formula is C24H20N4O3S. The number of amides is 1. The minimum Gasteiger partial charge on any atom is -0.459 e. The molecule has 0 radical (unpaired) electrons. The molecule has 5 rings (SSSR count). The largest absolute Gasteiger partial charge is 0.459 e. The van der Waals surface area contributed by atoms with E-state index in [2.05, 4.69) is 6.07 Å². The maximum atomic E-state index is 13.4. The summed E-state index contributed by atoms with van der Waals surface area (Å²) in [5.41, 5.74) is 2.33. The van der Waals surface area contributed by atoms with Gasteiger partial charge in [-0.3, -0.25) is 9.59 Å². The van der Waals surface area contributed by atoms with Gasteiger partial charge in [-0.25, -0.2) is 0 Å². The van der Waals surface area contributed by atoms with E-state index in [1.54, 1.807) is 32.9 Å². The summed E-state index contributed by atoms with van der Waals surface area (Å²) < 4.78 is 6.91. The van der Waals surface area contributed by atoms with Crippen LogP contribution in [0.15, 0.2) is 68.7 Å². The molecule has 1 fully saturated rings. The summed E-state index contributed by atoms with van der Waals surface area (Å²) in [6, 6.07) is 15.2. The van der Waals surface area contributed by atoms with Crippen molar-refractivity contribution < 1.29 is 9.21 Å². The Hall–Kier alpha value is -3.83. The van der Waals surface area contributed by atoms with Gasteiger partial charge in [0, 0.05) is 31.6 Å². The Bertz CT molecular complexity index is 1360. The number of carbonyl (C=O) groups is 1. The first kappa shape index (κ1) is 20.1. The van der Waals surface area contributed by atoms with Crippen LogP contribution < -0.4 is 10.5 Å². The molecule has 1 saturated heterocycles. The van der Waals surface area contributed by atoms with Gasteiger partial charge in [-0.2, -0.15) is 16.6 Å². The smallest absolute Gasteiger partial charge is 0.289 e. The Labute approximate surface area is 188 Å². The number of thiophene rings is 1. The van der Waals surface area contributed by atoms with Gasteiger partial charge in [0.1, 0.15) is 11.6 Å². The van der Waals surface area contributed by atoms with E-state index in [1.165, 1.54) is 6.26 Å². The monoisotopic (exact) mass is 444 g/mol. The average molecular weight is 445 g/mol. The molecule has 0 spiro atoms. The van der Waals surface area contributed by atoms with Crippen molar-refractivity contribution in [2.45, 2.75) is 6.54 Å². The topological polar surface area (TPSA) is 82.5 Å². The summed E-state index contributed by atoms with van der Waals surface area (Å²) in [6.45, 7) is 2.44. The number of rotatable bonds is 4. The molecule has 4 aromatic rings. The lowest BCUT2D eigenvalue weighted by Gasteiger charge is -2.36. The molecule has 160 valence electrons. The van der Waals surface area contributed by atoms with Crippen LogP contribution in [0.4, 0.5) is 5.69 Å². The summed E-state index contributed by atoms with van der Waals surface area (Å²) in [7, 11) is 0. The van der Waals surface area contributed by atoms with Crippen LogP contribution in [0, 0.1) is 11.3 Å². The van der Waals surface area contributed by atoms with Crippen LogP contribution in [0.25, 0.3) is 10.9 Å². The van der Waals surface area contributed by atoms with E-state index < -0.39 is 0 Å². The zero-order valence-corrected chi connectivity index (χ0v) is 18.0. The lowest BCUT2D eigenvalue weighted by atomic mass is 10.1. The minimum atomic E-state index is -0.290. The molecule has 0 unspecified atom stereocenters. The number of nitriles is 1. The van der Waals surface area contributed by atoms with Crippen molar-refractivity contribution in [3.8, 4) is 6.07 Å². The molecule has 0 saturated carbocycles. The van der Waals surface area contributed by atoms with E-state index in [1.807, 2.05) is 46.0 Å². The highest BCUT2D eigenvalue weighted by molar-refractivity contribution is 7.07. The van der Waals surface area contributed by atoms with Crippen molar-refractivity contribution in [3.05, 3.63) is 86.7 Å².